The van der Waals surface area contributed by atoms with Gasteiger partial charge in [-0.25, -0.2) is 0 Å². The van der Waals surface area contributed by atoms with E-state index >= 15 is 0 Å². The van der Waals surface area contributed by atoms with E-state index in [9.17, 15) is 9.59 Å². The number of nitrogens with zero attached hydrogens (tertiary/aromatic N) is 1. The minimum absolute atomic E-state index is 0.208. The largest absolute Gasteiger partial charge is 0.484 e. The maximum Gasteiger partial charge on any atom is 0.261 e. The van der Waals surface area contributed by atoms with Gasteiger partial charge in [0.05, 0.1) is 0 Å². The third kappa shape index (κ3) is 8.61. The van der Waals surface area contributed by atoms with Crippen LogP contribution < -0.4 is 10.1 Å². The molecule has 0 heterocycles. The number of nitrogens with one attached hydrogen (secondary N) is 1. The van der Waals surface area contributed by atoms with E-state index in [4.69, 9.17) is 27.9 Å². The van der Waals surface area contributed by atoms with E-state index < -0.39 is 6.04 Å². The smallest absolute Gasteiger partial charge is 0.261 e. The summed E-state index contributed by atoms with van der Waals surface area (Å²) in [4.78, 5) is 28.5. The van der Waals surface area contributed by atoms with E-state index in [-0.39, 0.29) is 30.9 Å². The lowest BCUT2D eigenvalue weighted by Crippen LogP contribution is -2.52. The second-order valence-corrected chi connectivity index (χ2v) is 9.62. The minimum atomic E-state index is -0.731. The minimum Gasteiger partial charge on any atom is -0.484 e. The van der Waals surface area contributed by atoms with Crippen LogP contribution in [0.4, 0.5) is 0 Å². The van der Waals surface area contributed by atoms with Crippen LogP contribution in [-0.2, 0) is 22.6 Å². The molecule has 3 aromatic carbocycles. The number of hydrogen-bond donors (Lipinski definition) is 1. The Balaban J connectivity index is 1.90. The third-order valence-corrected chi connectivity index (χ3v) is 5.83. The molecule has 0 aliphatic carbocycles. The Labute approximate surface area is 217 Å². The second kappa shape index (κ2) is 13.2. The second-order valence-electron chi connectivity index (χ2n) is 8.74. The fraction of sp³-hybridized carbons (Fsp3) is 0.286. The van der Waals surface area contributed by atoms with Gasteiger partial charge in [0, 0.05) is 29.6 Å². The molecule has 35 heavy (non-hydrogen) atoms. The molecule has 3 rings (SSSR count). The van der Waals surface area contributed by atoms with Gasteiger partial charge >= 0.3 is 0 Å². The zero-order valence-electron chi connectivity index (χ0n) is 19.9. The zero-order valence-corrected chi connectivity index (χ0v) is 21.4. The predicted molar refractivity (Wildman–Crippen MR) is 141 cm³/mol. The molecule has 0 aromatic heterocycles. The van der Waals surface area contributed by atoms with Crippen molar-refractivity contribution in [2.45, 2.75) is 32.9 Å². The van der Waals surface area contributed by atoms with Crippen molar-refractivity contribution in [1.29, 1.82) is 0 Å². The standard InChI is InChI=1S/C28H30Cl2N2O3/c1-20(2)17-31-28(34)26(15-21-8-4-3-5-9-21)32(18-22-10-6-11-23(29)14-22)27(33)19-35-25-13-7-12-24(30)16-25/h3-14,16,20,26H,15,17-19H2,1-2H3,(H,31,34). The van der Waals surface area contributed by atoms with Crippen molar-refractivity contribution >= 4 is 35.0 Å². The van der Waals surface area contributed by atoms with E-state index in [1.54, 1.807) is 41.3 Å². The predicted octanol–water partition coefficient (Wildman–Crippen LogP) is 5.78. The Morgan fingerprint density at radius 1 is 0.886 bits per heavy atom. The lowest BCUT2D eigenvalue weighted by atomic mass is 10.0. The number of amides is 2. The summed E-state index contributed by atoms with van der Waals surface area (Å²) in [5.41, 5.74) is 1.78. The number of carbonyl (C=O) groups excluding carboxylic acids is 2. The number of carbonyl (C=O) groups is 2. The molecule has 5 nitrogen and oxygen atoms in total. The fourth-order valence-electron chi connectivity index (χ4n) is 3.59. The van der Waals surface area contributed by atoms with E-state index in [0.717, 1.165) is 11.1 Å². The number of ether oxygens (including phenoxy) is 1. The van der Waals surface area contributed by atoms with Crippen LogP contribution in [0.25, 0.3) is 0 Å². The number of halogens is 2. The van der Waals surface area contributed by atoms with Crippen LogP contribution in [0, 0.1) is 5.92 Å². The van der Waals surface area contributed by atoms with Gasteiger partial charge in [0.25, 0.3) is 5.91 Å². The lowest BCUT2D eigenvalue weighted by Gasteiger charge is -2.31. The van der Waals surface area contributed by atoms with Crippen molar-refractivity contribution in [2.24, 2.45) is 5.92 Å². The summed E-state index contributed by atoms with van der Waals surface area (Å²) in [6.45, 7) is 4.55. The highest BCUT2D eigenvalue weighted by atomic mass is 35.5. The molecule has 0 saturated heterocycles. The van der Waals surface area contributed by atoms with Gasteiger partial charge in [-0.1, -0.05) is 85.6 Å². The van der Waals surface area contributed by atoms with Gasteiger partial charge in [-0.3, -0.25) is 9.59 Å². The summed E-state index contributed by atoms with van der Waals surface area (Å²) in [7, 11) is 0. The van der Waals surface area contributed by atoms with Crippen LogP contribution >= 0.6 is 23.2 Å². The molecule has 3 aromatic rings. The summed E-state index contributed by atoms with van der Waals surface area (Å²) in [6.07, 6.45) is 0.369. The molecule has 1 unspecified atom stereocenters. The molecule has 0 fully saturated rings. The molecular formula is C28H30Cl2N2O3. The Kier molecular flexibility index (Phi) is 10.0. The molecular weight excluding hydrogens is 483 g/mol. The van der Waals surface area contributed by atoms with Gasteiger partial charge in [-0.15, -0.1) is 0 Å². The molecule has 184 valence electrons. The van der Waals surface area contributed by atoms with Crippen LogP contribution in [0.1, 0.15) is 25.0 Å². The highest BCUT2D eigenvalue weighted by molar-refractivity contribution is 6.30. The molecule has 0 aliphatic rings. The summed E-state index contributed by atoms with van der Waals surface area (Å²) in [6, 6.07) is 23.1. The average Bonchev–Trinajstić information content (AvgIpc) is 2.84. The number of hydrogen-bond acceptors (Lipinski definition) is 3. The summed E-state index contributed by atoms with van der Waals surface area (Å²) < 4.78 is 5.74. The zero-order chi connectivity index (χ0) is 25.2. The molecule has 2 amide bonds. The van der Waals surface area contributed by atoms with E-state index in [1.165, 1.54) is 0 Å². The average molecular weight is 513 g/mol. The molecule has 0 spiro atoms. The van der Waals surface area contributed by atoms with Gasteiger partial charge in [0.15, 0.2) is 6.61 Å². The van der Waals surface area contributed by atoms with Gasteiger partial charge in [0.1, 0.15) is 11.8 Å². The van der Waals surface area contributed by atoms with Crippen molar-refractivity contribution in [3.8, 4) is 5.75 Å². The van der Waals surface area contributed by atoms with Crippen molar-refractivity contribution in [1.82, 2.24) is 10.2 Å². The van der Waals surface area contributed by atoms with Gasteiger partial charge in [-0.2, -0.15) is 0 Å². The van der Waals surface area contributed by atoms with Gasteiger partial charge in [-0.05, 0) is 47.4 Å². The first-order chi connectivity index (χ1) is 16.8. The van der Waals surface area contributed by atoms with E-state index in [2.05, 4.69) is 5.32 Å². The Morgan fingerprint density at radius 3 is 2.20 bits per heavy atom. The van der Waals surface area contributed by atoms with Gasteiger partial charge < -0.3 is 15.0 Å². The first kappa shape index (κ1) is 26.6. The summed E-state index contributed by atoms with van der Waals surface area (Å²) in [5, 5.41) is 4.08. The van der Waals surface area contributed by atoms with Crippen LogP contribution in [0.5, 0.6) is 5.75 Å². The third-order valence-electron chi connectivity index (χ3n) is 5.36. The Hall–Kier alpha value is -3.02. The van der Waals surface area contributed by atoms with Crippen LogP contribution in [0.2, 0.25) is 10.0 Å². The highest BCUT2D eigenvalue weighted by Crippen LogP contribution is 2.20. The maximum absolute atomic E-state index is 13.5. The number of rotatable bonds is 11. The molecule has 0 aliphatic heterocycles. The molecule has 0 bridgehead atoms. The lowest BCUT2D eigenvalue weighted by molar-refractivity contribution is -0.142. The normalized spacial score (nSPS) is 11.7. The van der Waals surface area contributed by atoms with Crippen LogP contribution in [0.3, 0.4) is 0 Å². The van der Waals surface area contributed by atoms with Gasteiger partial charge in [0.2, 0.25) is 5.91 Å². The molecule has 1 N–H and O–H groups in total. The van der Waals surface area contributed by atoms with Crippen LogP contribution in [0.15, 0.2) is 78.9 Å². The summed E-state index contributed by atoms with van der Waals surface area (Å²) >= 11 is 12.2. The monoisotopic (exact) mass is 512 g/mol. The topological polar surface area (TPSA) is 58.6 Å². The Morgan fingerprint density at radius 2 is 1.54 bits per heavy atom. The summed E-state index contributed by atoms with van der Waals surface area (Å²) in [5.74, 6) is 0.239. The van der Waals surface area contributed by atoms with Crippen LogP contribution in [-0.4, -0.2) is 35.9 Å². The SMILES string of the molecule is CC(C)CNC(=O)C(Cc1ccccc1)N(Cc1cccc(Cl)c1)C(=O)COc1cccc(Cl)c1. The van der Waals surface area contributed by atoms with E-state index in [0.29, 0.717) is 28.8 Å². The Bertz CT molecular complexity index is 1120. The molecule has 7 heteroatoms. The fourth-order valence-corrected chi connectivity index (χ4v) is 3.99. The number of benzene rings is 3. The van der Waals surface area contributed by atoms with Crippen molar-refractivity contribution in [3.05, 3.63) is 100 Å². The molecule has 1 atom stereocenters. The maximum atomic E-state index is 13.5. The highest BCUT2D eigenvalue weighted by Gasteiger charge is 2.30. The first-order valence-corrected chi connectivity index (χ1v) is 12.3. The first-order valence-electron chi connectivity index (χ1n) is 11.6. The van der Waals surface area contributed by atoms with Crippen molar-refractivity contribution in [3.63, 3.8) is 0 Å². The van der Waals surface area contributed by atoms with Crippen molar-refractivity contribution < 1.29 is 14.3 Å². The quantitative estimate of drug-likeness (QED) is 0.354. The van der Waals surface area contributed by atoms with E-state index in [1.807, 2.05) is 56.3 Å². The molecule has 0 saturated carbocycles. The molecule has 0 radical (unpaired) electrons. The van der Waals surface area contributed by atoms with Crippen molar-refractivity contribution in [2.75, 3.05) is 13.2 Å².